The molecule has 0 heterocycles. The lowest BCUT2D eigenvalue weighted by Crippen LogP contribution is -2.00. The SMILES string of the molecule is BrC1/C=C\C=C/C(Br)CC1. The summed E-state index contributed by atoms with van der Waals surface area (Å²) >= 11 is 7.12. The summed E-state index contributed by atoms with van der Waals surface area (Å²) in [6, 6.07) is 0. The maximum Gasteiger partial charge on any atom is 0.0328 e. The molecule has 0 aromatic heterocycles. The molecule has 2 atom stereocenters. The Labute approximate surface area is 78.6 Å². The smallest absolute Gasteiger partial charge is 0.0328 e. The number of hydrogen-bond acceptors (Lipinski definition) is 0. The lowest BCUT2D eigenvalue weighted by molar-refractivity contribution is 0.792. The quantitative estimate of drug-likeness (QED) is 0.589. The lowest BCUT2D eigenvalue weighted by atomic mass is 10.1. The molecule has 0 saturated heterocycles. The molecule has 2 unspecified atom stereocenters. The third kappa shape index (κ3) is 3.02. The van der Waals surface area contributed by atoms with Crippen LogP contribution >= 0.6 is 31.9 Å². The van der Waals surface area contributed by atoms with Crippen molar-refractivity contribution in [3.8, 4) is 0 Å². The van der Waals surface area contributed by atoms with E-state index in [0.29, 0.717) is 9.65 Å². The highest BCUT2D eigenvalue weighted by molar-refractivity contribution is 9.10. The standard InChI is InChI=1S/C8H10Br2/c9-7-3-1-2-4-8(10)6-5-7/h1-4,7-8H,5-6H2/b3-1-,4-2-. The second-order valence-electron chi connectivity index (χ2n) is 2.38. The van der Waals surface area contributed by atoms with Crippen LogP contribution in [0.25, 0.3) is 0 Å². The third-order valence-corrected chi connectivity index (χ3v) is 3.00. The van der Waals surface area contributed by atoms with Gasteiger partial charge < -0.3 is 0 Å². The molecule has 1 aliphatic carbocycles. The van der Waals surface area contributed by atoms with E-state index in [-0.39, 0.29) is 0 Å². The summed E-state index contributed by atoms with van der Waals surface area (Å²) in [7, 11) is 0. The second kappa shape index (κ2) is 4.35. The average molecular weight is 266 g/mol. The summed E-state index contributed by atoms with van der Waals surface area (Å²) in [6.45, 7) is 0. The van der Waals surface area contributed by atoms with Gasteiger partial charge in [-0.15, -0.1) is 0 Å². The monoisotopic (exact) mass is 264 g/mol. The van der Waals surface area contributed by atoms with Crippen molar-refractivity contribution in [2.45, 2.75) is 22.5 Å². The number of hydrogen-bond donors (Lipinski definition) is 0. The van der Waals surface area contributed by atoms with Crippen LogP contribution < -0.4 is 0 Å². The number of allylic oxidation sites excluding steroid dienone is 4. The van der Waals surface area contributed by atoms with Crippen LogP contribution in [0.15, 0.2) is 24.3 Å². The molecule has 0 aromatic carbocycles. The largest absolute Gasteiger partial charge is 0.0845 e. The van der Waals surface area contributed by atoms with Gasteiger partial charge in [0.2, 0.25) is 0 Å². The topological polar surface area (TPSA) is 0 Å². The molecule has 0 nitrogen and oxygen atoms in total. The van der Waals surface area contributed by atoms with Crippen LogP contribution in [0.3, 0.4) is 0 Å². The average Bonchev–Trinajstić information content (AvgIpc) is 1.90. The fraction of sp³-hybridized carbons (Fsp3) is 0.500. The van der Waals surface area contributed by atoms with Crippen LogP contribution in [0.1, 0.15) is 12.8 Å². The Morgan fingerprint density at radius 2 is 1.30 bits per heavy atom. The van der Waals surface area contributed by atoms with Gasteiger partial charge in [0.1, 0.15) is 0 Å². The molecular formula is C8H10Br2. The fourth-order valence-electron chi connectivity index (χ4n) is 0.880. The van der Waals surface area contributed by atoms with E-state index in [9.17, 15) is 0 Å². The van der Waals surface area contributed by atoms with Gasteiger partial charge in [-0.3, -0.25) is 0 Å². The van der Waals surface area contributed by atoms with Crippen molar-refractivity contribution in [3.05, 3.63) is 24.3 Å². The van der Waals surface area contributed by atoms with Gasteiger partial charge in [0, 0.05) is 9.65 Å². The maximum absolute atomic E-state index is 3.56. The first kappa shape index (κ1) is 8.54. The predicted molar refractivity (Wildman–Crippen MR) is 52.9 cm³/mol. The first-order valence-corrected chi connectivity index (χ1v) is 5.25. The van der Waals surface area contributed by atoms with Gasteiger partial charge in [-0.2, -0.15) is 0 Å². The molecule has 0 spiro atoms. The van der Waals surface area contributed by atoms with Gasteiger partial charge in [0.05, 0.1) is 0 Å². The Bertz CT molecular complexity index is 131. The van der Waals surface area contributed by atoms with Crippen molar-refractivity contribution in [2.24, 2.45) is 0 Å². The number of alkyl halides is 2. The van der Waals surface area contributed by atoms with Crippen molar-refractivity contribution in [3.63, 3.8) is 0 Å². The molecule has 0 saturated carbocycles. The van der Waals surface area contributed by atoms with Crippen LogP contribution in [0, 0.1) is 0 Å². The zero-order valence-corrected chi connectivity index (χ0v) is 8.81. The van der Waals surface area contributed by atoms with Gasteiger partial charge in [0.15, 0.2) is 0 Å². The zero-order valence-electron chi connectivity index (χ0n) is 5.63. The van der Waals surface area contributed by atoms with Crippen molar-refractivity contribution in [1.29, 1.82) is 0 Å². The molecule has 1 aliphatic rings. The molecule has 1 rings (SSSR count). The predicted octanol–water partition coefficient (Wildman–Crippen LogP) is 3.42. The molecule has 0 aromatic rings. The molecule has 10 heavy (non-hydrogen) atoms. The van der Waals surface area contributed by atoms with Crippen LogP contribution in [-0.4, -0.2) is 9.65 Å². The minimum atomic E-state index is 0.553. The Morgan fingerprint density at radius 3 is 1.70 bits per heavy atom. The van der Waals surface area contributed by atoms with E-state index in [4.69, 9.17) is 0 Å². The van der Waals surface area contributed by atoms with Gasteiger partial charge in [-0.25, -0.2) is 0 Å². The minimum Gasteiger partial charge on any atom is -0.0845 e. The first-order valence-electron chi connectivity index (χ1n) is 3.42. The van der Waals surface area contributed by atoms with E-state index in [2.05, 4.69) is 56.2 Å². The third-order valence-electron chi connectivity index (χ3n) is 1.47. The highest BCUT2D eigenvalue weighted by Gasteiger charge is 2.04. The van der Waals surface area contributed by atoms with E-state index in [1.165, 1.54) is 12.8 Å². The second-order valence-corrected chi connectivity index (χ2v) is 4.73. The molecule has 0 N–H and O–H groups in total. The summed E-state index contributed by atoms with van der Waals surface area (Å²) in [6.07, 6.45) is 10.9. The van der Waals surface area contributed by atoms with Gasteiger partial charge >= 0.3 is 0 Å². The van der Waals surface area contributed by atoms with E-state index in [1.807, 2.05) is 0 Å². The zero-order chi connectivity index (χ0) is 7.40. The Hall–Kier alpha value is 0.440. The van der Waals surface area contributed by atoms with Crippen molar-refractivity contribution < 1.29 is 0 Å². The van der Waals surface area contributed by atoms with E-state index in [1.54, 1.807) is 0 Å². The van der Waals surface area contributed by atoms with E-state index in [0.717, 1.165) is 0 Å². The lowest BCUT2D eigenvalue weighted by Gasteiger charge is -2.08. The van der Waals surface area contributed by atoms with Gasteiger partial charge in [-0.05, 0) is 12.8 Å². The molecule has 0 bridgehead atoms. The van der Waals surface area contributed by atoms with Crippen molar-refractivity contribution in [1.82, 2.24) is 0 Å². The molecule has 2 heteroatoms. The summed E-state index contributed by atoms with van der Waals surface area (Å²) < 4.78 is 0. The summed E-state index contributed by atoms with van der Waals surface area (Å²) in [5.41, 5.74) is 0. The molecule has 56 valence electrons. The van der Waals surface area contributed by atoms with Crippen LogP contribution in [-0.2, 0) is 0 Å². The van der Waals surface area contributed by atoms with E-state index >= 15 is 0 Å². The Balaban J connectivity index is 2.52. The van der Waals surface area contributed by atoms with Crippen molar-refractivity contribution >= 4 is 31.9 Å². The van der Waals surface area contributed by atoms with E-state index < -0.39 is 0 Å². The normalized spacial score (nSPS) is 39.8. The van der Waals surface area contributed by atoms with Crippen LogP contribution in [0.5, 0.6) is 0 Å². The highest BCUT2D eigenvalue weighted by atomic mass is 79.9. The maximum atomic E-state index is 3.56. The molecular weight excluding hydrogens is 256 g/mol. The molecule has 0 aliphatic heterocycles. The molecule has 0 amide bonds. The first-order chi connectivity index (χ1) is 4.79. The molecule has 0 fully saturated rings. The van der Waals surface area contributed by atoms with Gasteiger partial charge in [0.25, 0.3) is 0 Å². The summed E-state index contributed by atoms with van der Waals surface area (Å²) in [5.74, 6) is 0. The molecule has 0 radical (unpaired) electrons. The summed E-state index contributed by atoms with van der Waals surface area (Å²) in [4.78, 5) is 1.11. The van der Waals surface area contributed by atoms with Crippen LogP contribution in [0.2, 0.25) is 0 Å². The Kier molecular flexibility index (Phi) is 3.71. The fourth-order valence-corrected chi connectivity index (χ4v) is 1.76. The van der Waals surface area contributed by atoms with Crippen LogP contribution in [0.4, 0.5) is 0 Å². The van der Waals surface area contributed by atoms with Crippen molar-refractivity contribution in [2.75, 3.05) is 0 Å². The number of halogens is 2. The summed E-state index contributed by atoms with van der Waals surface area (Å²) in [5, 5.41) is 0. The Morgan fingerprint density at radius 1 is 0.900 bits per heavy atom. The highest BCUT2D eigenvalue weighted by Crippen LogP contribution is 2.18. The number of rotatable bonds is 0. The minimum absolute atomic E-state index is 0.553. The van der Waals surface area contributed by atoms with Gasteiger partial charge in [-0.1, -0.05) is 56.2 Å².